The van der Waals surface area contributed by atoms with Crippen LogP contribution in [0.4, 0.5) is 0 Å². The van der Waals surface area contributed by atoms with E-state index in [1.165, 1.54) is 37.2 Å². The van der Waals surface area contributed by atoms with Gasteiger partial charge in [-0.1, -0.05) is 0 Å². The summed E-state index contributed by atoms with van der Waals surface area (Å²) < 4.78 is 2.32. The second kappa shape index (κ2) is 6.29. The number of nitrogens with one attached hydrogen (secondary N) is 2. The second-order valence-electron chi connectivity index (χ2n) is 5.87. The minimum Gasteiger partial charge on any atom is -0.356 e. The highest BCUT2D eigenvalue weighted by Gasteiger charge is 2.21. The highest BCUT2D eigenvalue weighted by molar-refractivity contribution is 5.79. The van der Waals surface area contributed by atoms with E-state index in [2.05, 4.69) is 26.4 Å². The molecule has 0 spiro atoms. The Labute approximate surface area is 120 Å². The number of nitrogens with zero attached hydrogens (tertiary/aromatic N) is 3. The van der Waals surface area contributed by atoms with Gasteiger partial charge in [-0.05, 0) is 31.6 Å². The zero-order chi connectivity index (χ0) is 13.8. The van der Waals surface area contributed by atoms with Gasteiger partial charge < -0.3 is 15.2 Å². The Morgan fingerprint density at radius 1 is 1.40 bits per heavy atom. The van der Waals surface area contributed by atoms with E-state index >= 15 is 0 Å². The molecule has 5 nitrogen and oxygen atoms in total. The Morgan fingerprint density at radius 2 is 2.30 bits per heavy atom. The molecule has 1 aliphatic heterocycles. The van der Waals surface area contributed by atoms with Gasteiger partial charge in [-0.25, -0.2) is 4.98 Å². The van der Waals surface area contributed by atoms with Gasteiger partial charge in [0.25, 0.3) is 0 Å². The summed E-state index contributed by atoms with van der Waals surface area (Å²) in [6.07, 6.45) is 9.62. The largest absolute Gasteiger partial charge is 0.356 e. The quantitative estimate of drug-likeness (QED) is 0.630. The average molecular weight is 275 g/mol. The molecule has 0 atom stereocenters. The van der Waals surface area contributed by atoms with Gasteiger partial charge in [-0.3, -0.25) is 4.99 Å². The number of aliphatic imine (C=N–C) groups is 1. The molecule has 0 saturated heterocycles. The van der Waals surface area contributed by atoms with Crippen LogP contribution in [-0.2, 0) is 19.4 Å². The van der Waals surface area contributed by atoms with Crippen LogP contribution >= 0.6 is 0 Å². The van der Waals surface area contributed by atoms with Crippen molar-refractivity contribution in [2.24, 2.45) is 10.9 Å². The van der Waals surface area contributed by atoms with Crippen LogP contribution in [0.3, 0.4) is 0 Å². The highest BCUT2D eigenvalue weighted by Crippen LogP contribution is 2.27. The topological polar surface area (TPSA) is 54.2 Å². The highest BCUT2D eigenvalue weighted by atomic mass is 15.2. The maximum absolute atomic E-state index is 4.72. The van der Waals surface area contributed by atoms with Gasteiger partial charge in [0.1, 0.15) is 5.82 Å². The minimum absolute atomic E-state index is 0.869. The van der Waals surface area contributed by atoms with Crippen LogP contribution < -0.4 is 10.6 Å². The Morgan fingerprint density at radius 3 is 3.05 bits per heavy atom. The first-order chi connectivity index (χ1) is 9.85. The van der Waals surface area contributed by atoms with Crippen molar-refractivity contribution in [1.82, 2.24) is 20.2 Å². The zero-order valence-electron chi connectivity index (χ0n) is 12.4. The Balaban J connectivity index is 1.42. The second-order valence-corrected chi connectivity index (χ2v) is 5.87. The van der Waals surface area contributed by atoms with Crippen molar-refractivity contribution in [2.75, 3.05) is 20.1 Å². The lowest BCUT2D eigenvalue weighted by Crippen LogP contribution is -2.39. The van der Waals surface area contributed by atoms with Crippen LogP contribution in [0.15, 0.2) is 11.2 Å². The molecule has 0 radical (unpaired) electrons. The van der Waals surface area contributed by atoms with Crippen LogP contribution in [-0.4, -0.2) is 35.6 Å². The first-order valence-electron chi connectivity index (χ1n) is 7.84. The number of hydrogen-bond acceptors (Lipinski definition) is 2. The van der Waals surface area contributed by atoms with Crippen molar-refractivity contribution >= 4 is 5.96 Å². The summed E-state index contributed by atoms with van der Waals surface area (Å²) in [5.41, 5.74) is 1.20. The van der Waals surface area contributed by atoms with Gasteiger partial charge in [0, 0.05) is 45.7 Å². The molecule has 1 aliphatic carbocycles. The lowest BCUT2D eigenvalue weighted by Gasteiger charge is -2.11. The van der Waals surface area contributed by atoms with Crippen LogP contribution in [0, 0.1) is 5.92 Å². The van der Waals surface area contributed by atoms with Gasteiger partial charge >= 0.3 is 0 Å². The fourth-order valence-corrected chi connectivity index (χ4v) is 2.68. The molecule has 0 amide bonds. The van der Waals surface area contributed by atoms with Gasteiger partial charge in [0.05, 0.1) is 5.69 Å². The summed E-state index contributed by atoms with van der Waals surface area (Å²) in [4.78, 5) is 8.97. The van der Waals surface area contributed by atoms with Crippen molar-refractivity contribution in [3.8, 4) is 0 Å². The van der Waals surface area contributed by atoms with Crippen molar-refractivity contribution in [3.05, 3.63) is 17.7 Å². The number of guanidine groups is 1. The van der Waals surface area contributed by atoms with Crippen LogP contribution in [0.2, 0.25) is 0 Å². The average Bonchev–Trinajstić information content (AvgIpc) is 3.20. The molecule has 20 heavy (non-hydrogen) atoms. The van der Waals surface area contributed by atoms with Crippen molar-refractivity contribution < 1.29 is 0 Å². The van der Waals surface area contributed by atoms with Gasteiger partial charge in [0.15, 0.2) is 5.96 Å². The van der Waals surface area contributed by atoms with E-state index < -0.39 is 0 Å². The van der Waals surface area contributed by atoms with E-state index in [-0.39, 0.29) is 0 Å². The molecule has 1 saturated carbocycles. The van der Waals surface area contributed by atoms with Crippen LogP contribution in [0.5, 0.6) is 0 Å². The Hall–Kier alpha value is -1.52. The molecule has 2 heterocycles. The lowest BCUT2D eigenvalue weighted by atomic mass is 10.2. The minimum atomic E-state index is 0.869. The van der Waals surface area contributed by atoms with Crippen LogP contribution in [0.25, 0.3) is 0 Å². The predicted molar refractivity (Wildman–Crippen MR) is 81.0 cm³/mol. The lowest BCUT2D eigenvalue weighted by molar-refractivity contribution is 0.522. The first kappa shape index (κ1) is 13.5. The summed E-state index contributed by atoms with van der Waals surface area (Å²) in [6.45, 7) is 3.08. The molecule has 0 bridgehead atoms. The SMILES string of the molecule is CN=C(NCCc1cn2c(n1)CCCC2)NCC1CC1. The van der Waals surface area contributed by atoms with E-state index in [0.717, 1.165) is 44.4 Å². The van der Waals surface area contributed by atoms with Crippen molar-refractivity contribution in [1.29, 1.82) is 0 Å². The normalized spacial score (nSPS) is 18.8. The predicted octanol–water partition coefficient (Wildman–Crippen LogP) is 1.34. The Kier molecular flexibility index (Phi) is 4.23. The van der Waals surface area contributed by atoms with Crippen molar-refractivity contribution in [3.63, 3.8) is 0 Å². The van der Waals surface area contributed by atoms with Crippen LogP contribution in [0.1, 0.15) is 37.2 Å². The van der Waals surface area contributed by atoms with E-state index in [1.807, 2.05) is 7.05 Å². The zero-order valence-corrected chi connectivity index (χ0v) is 12.4. The molecule has 5 heteroatoms. The molecular formula is C15H25N5. The first-order valence-corrected chi connectivity index (χ1v) is 7.84. The molecule has 3 rings (SSSR count). The summed E-state index contributed by atoms with van der Waals surface area (Å²) in [6, 6.07) is 0. The smallest absolute Gasteiger partial charge is 0.190 e. The van der Waals surface area contributed by atoms with E-state index in [4.69, 9.17) is 4.98 Å². The number of hydrogen-bond donors (Lipinski definition) is 2. The fraction of sp³-hybridized carbons (Fsp3) is 0.733. The summed E-state index contributed by atoms with van der Waals surface area (Å²) in [5.74, 6) is 3.05. The number of rotatable bonds is 5. The van der Waals surface area contributed by atoms with Crippen molar-refractivity contribution in [2.45, 2.75) is 45.1 Å². The monoisotopic (exact) mass is 275 g/mol. The van der Waals surface area contributed by atoms with Gasteiger partial charge in [-0.15, -0.1) is 0 Å². The summed E-state index contributed by atoms with van der Waals surface area (Å²) in [5, 5.41) is 6.75. The molecule has 0 aromatic carbocycles. The third kappa shape index (κ3) is 3.52. The van der Waals surface area contributed by atoms with E-state index in [1.54, 1.807) is 0 Å². The maximum Gasteiger partial charge on any atom is 0.190 e. The number of imidazole rings is 1. The fourth-order valence-electron chi connectivity index (χ4n) is 2.68. The number of fused-ring (bicyclic) bond motifs is 1. The maximum atomic E-state index is 4.72. The van der Waals surface area contributed by atoms with Gasteiger partial charge in [-0.2, -0.15) is 0 Å². The molecule has 0 unspecified atom stereocenters. The molecule has 1 aromatic heterocycles. The van der Waals surface area contributed by atoms with E-state index in [9.17, 15) is 0 Å². The number of aromatic nitrogens is 2. The number of aryl methyl sites for hydroxylation is 2. The molecular weight excluding hydrogens is 250 g/mol. The third-order valence-electron chi connectivity index (χ3n) is 4.11. The molecule has 1 aromatic rings. The Bertz CT molecular complexity index is 449. The standard InChI is InChI=1S/C15H25N5/c1-16-15(18-10-12-5-6-12)17-8-7-13-11-20-9-3-2-4-14(20)19-13/h11-12H,2-10H2,1H3,(H2,16,17,18). The van der Waals surface area contributed by atoms with Gasteiger partial charge in [0.2, 0.25) is 0 Å². The molecule has 110 valence electrons. The third-order valence-corrected chi connectivity index (χ3v) is 4.11. The van der Waals surface area contributed by atoms with E-state index in [0.29, 0.717) is 0 Å². The molecule has 2 aliphatic rings. The molecule has 1 fully saturated rings. The summed E-state index contributed by atoms with van der Waals surface area (Å²) in [7, 11) is 1.83. The molecule has 2 N–H and O–H groups in total. The summed E-state index contributed by atoms with van der Waals surface area (Å²) >= 11 is 0.